The molecule has 5 rings (SSSR count). The highest BCUT2D eigenvalue weighted by Crippen LogP contribution is 2.30. The molecular weight excluding hydrogens is 438 g/mol. The second-order valence-electron chi connectivity index (χ2n) is 10.1. The summed E-state index contributed by atoms with van der Waals surface area (Å²) < 4.78 is 22.4. The predicted octanol–water partition coefficient (Wildman–Crippen LogP) is 3.42. The van der Waals surface area contributed by atoms with E-state index in [1.54, 1.807) is 6.20 Å². The van der Waals surface area contributed by atoms with E-state index in [-0.39, 0.29) is 17.4 Å². The van der Waals surface area contributed by atoms with E-state index in [2.05, 4.69) is 35.8 Å². The molecule has 3 heterocycles. The zero-order chi connectivity index (χ0) is 23.2. The number of ether oxygens (including phenoxy) is 1. The molecule has 8 nitrogen and oxygen atoms in total. The fourth-order valence-electron chi connectivity index (χ4n) is 4.28. The Morgan fingerprint density at radius 1 is 1.21 bits per heavy atom. The number of hydrogen-bond acceptors (Lipinski definition) is 5. The van der Waals surface area contributed by atoms with Gasteiger partial charge in [-0.2, -0.15) is 9.19 Å². The molecule has 2 aliphatic rings. The Morgan fingerprint density at radius 2 is 1.97 bits per heavy atom. The summed E-state index contributed by atoms with van der Waals surface area (Å²) in [6.07, 6.45) is 7.16. The van der Waals surface area contributed by atoms with Crippen molar-refractivity contribution in [3.8, 4) is 0 Å². The molecule has 1 saturated carbocycles. The van der Waals surface area contributed by atoms with Crippen LogP contribution in [0, 0.1) is 5.92 Å². The average Bonchev–Trinajstić information content (AvgIpc) is 3.33. The number of amides is 1. The fourth-order valence-corrected chi connectivity index (χ4v) is 5.23. The van der Waals surface area contributed by atoms with E-state index in [1.165, 1.54) is 10.3 Å². The topological polar surface area (TPSA) is 91.0 Å². The van der Waals surface area contributed by atoms with Gasteiger partial charge in [0.1, 0.15) is 5.82 Å². The average molecular weight is 470 g/mol. The lowest BCUT2D eigenvalue weighted by Gasteiger charge is -2.26. The van der Waals surface area contributed by atoms with Crippen LogP contribution in [-0.2, 0) is 27.7 Å². The fraction of sp³-hybridized carbons (Fsp3) is 0.542. The first-order chi connectivity index (χ1) is 15.8. The maximum absolute atomic E-state index is 13.2. The van der Waals surface area contributed by atoms with Gasteiger partial charge in [0, 0.05) is 31.2 Å². The van der Waals surface area contributed by atoms with Crippen molar-refractivity contribution in [1.29, 1.82) is 0 Å². The number of rotatable bonds is 6. The molecule has 1 unspecified atom stereocenters. The Labute approximate surface area is 196 Å². The number of fused-ring (bicyclic) bond motifs is 1. The van der Waals surface area contributed by atoms with Crippen LogP contribution in [0.4, 0.5) is 0 Å². The van der Waals surface area contributed by atoms with Crippen molar-refractivity contribution in [3.05, 3.63) is 42.0 Å². The molecule has 176 valence electrons. The summed E-state index contributed by atoms with van der Waals surface area (Å²) in [4.78, 5) is 17.8. The monoisotopic (exact) mass is 469 g/mol. The Kier molecular flexibility index (Phi) is 5.86. The quantitative estimate of drug-likeness (QED) is 0.597. The lowest BCUT2D eigenvalue weighted by Crippen LogP contribution is -2.25. The molecule has 9 heteroatoms. The second kappa shape index (κ2) is 8.68. The molecule has 1 amide bonds. The number of imidazole rings is 1. The Hall–Kier alpha value is -2.52. The van der Waals surface area contributed by atoms with Gasteiger partial charge in [-0.05, 0) is 49.8 Å². The van der Waals surface area contributed by atoms with Gasteiger partial charge in [-0.15, -0.1) is 0 Å². The van der Waals surface area contributed by atoms with E-state index in [9.17, 15) is 9.00 Å². The molecule has 1 saturated heterocycles. The van der Waals surface area contributed by atoms with Gasteiger partial charge >= 0.3 is 0 Å². The summed E-state index contributed by atoms with van der Waals surface area (Å²) in [5, 5.41) is 7.11. The number of nitrogens with zero attached hydrogens (tertiary/aromatic N) is 4. The normalized spacial score (nSPS) is 18.5. The zero-order valence-electron chi connectivity index (χ0n) is 19.4. The van der Waals surface area contributed by atoms with Crippen LogP contribution in [0.15, 0.2) is 35.5 Å². The minimum absolute atomic E-state index is 0.116. The molecule has 1 atom stereocenters. The molecule has 0 radical (unpaired) electrons. The molecule has 1 aliphatic carbocycles. The number of carbonyl (C=O) groups is 1. The van der Waals surface area contributed by atoms with E-state index in [4.69, 9.17) is 9.72 Å². The number of hydrogen-bond donors (Lipinski definition) is 1. The lowest BCUT2D eigenvalue weighted by atomic mass is 9.94. The molecule has 1 aromatic carbocycles. The third-order valence-electron chi connectivity index (χ3n) is 6.28. The first kappa shape index (κ1) is 22.3. The Balaban J connectivity index is 1.43. The van der Waals surface area contributed by atoms with Crippen molar-refractivity contribution in [3.63, 3.8) is 0 Å². The maximum Gasteiger partial charge on any atom is 0.254 e. The SMILES string of the molecule is CC(C)(C)c1nc2cc(S(=O)n3cc(C(=O)NC4CC4)cn3)ccc2n1CC1CCOCC1. The Bertz CT molecular complexity index is 1200. The van der Waals surface area contributed by atoms with Crippen LogP contribution in [0.2, 0.25) is 0 Å². The summed E-state index contributed by atoms with van der Waals surface area (Å²) in [6, 6.07) is 6.03. The predicted molar refractivity (Wildman–Crippen MR) is 126 cm³/mol. The molecule has 3 aromatic rings. The molecular formula is C24H31N5O3S. The second-order valence-corrected chi connectivity index (χ2v) is 11.5. The van der Waals surface area contributed by atoms with Crippen LogP contribution in [0.1, 0.15) is 62.6 Å². The standard InChI is InChI=1S/C24H31N5O3S/c1-24(2,3)23-27-20-12-19(6-7-21(20)28(23)14-16-8-10-32-11-9-16)33(31)29-15-17(13-25-29)22(30)26-18-4-5-18/h6-7,12-13,15-16,18H,4-5,8-11,14H2,1-3H3,(H,26,30). The van der Waals surface area contributed by atoms with Crippen molar-refractivity contribution in [1.82, 2.24) is 24.1 Å². The Morgan fingerprint density at radius 3 is 2.67 bits per heavy atom. The van der Waals surface area contributed by atoms with Crippen molar-refractivity contribution in [2.45, 2.75) is 69.4 Å². The van der Waals surface area contributed by atoms with Crippen molar-refractivity contribution < 1.29 is 13.7 Å². The number of carbonyl (C=O) groups excluding carboxylic acids is 1. The van der Waals surface area contributed by atoms with Crippen LogP contribution < -0.4 is 5.32 Å². The largest absolute Gasteiger partial charge is 0.381 e. The number of nitrogens with one attached hydrogen (secondary N) is 1. The highest BCUT2D eigenvalue weighted by atomic mass is 32.2. The van der Waals surface area contributed by atoms with Gasteiger partial charge in [0.2, 0.25) is 0 Å². The first-order valence-corrected chi connectivity index (χ1v) is 12.8. The number of aromatic nitrogens is 4. The van der Waals surface area contributed by atoms with Crippen molar-refractivity contribution >= 4 is 27.9 Å². The molecule has 1 N–H and O–H groups in total. The van der Waals surface area contributed by atoms with E-state index in [0.717, 1.165) is 62.3 Å². The lowest BCUT2D eigenvalue weighted by molar-refractivity contribution is 0.0611. The van der Waals surface area contributed by atoms with E-state index in [1.807, 2.05) is 18.2 Å². The highest BCUT2D eigenvalue weighted by molar-refractivity contribution is 7.83. The van der Waals surface area contributed by atoms with Crippen LogP contribution >= 0.6 is 0 Å². The smallest absolute Gasteiger partial charge is 0.254 e. The van der Waals surface area contributed by atoms with Gasteiger partial charge in [0.05, 0.1) is 33.9 Å². The first-order valence-electron chi connectivity index (χ1n) is 11.7. The van der Waals surface area contributed by atoms with E-state index >= 15 is 0 Å². The minimum Gasteiger partial charge on any atom is -0.381 e. The molecule has 0 bridgehead atoms. The van der Waals surface area contributed by atoms with Crippen LogP contribution in [0.25, 0.3) is 11.0 Å². The highest BCUT2D eigenvalue weighted by Gasteiger charge is 2.27. The summed E-state index contributed by atoms with van der Waals surface area (Å²) in [5.41, 5.74) is 2.19. The molecule has 2 aromatic heterocycles. The third kappa shape index (κ3) is 4.75. The van der Waals surface area contributed by atoms with E-state index in [0.29, 0.717) is 16.4 Å². The van der Waals surface area contributed by atoms with Gasteiger partial charge in [-0.3, -0.25) is 4.79 Å². The number of benzene rings is 1. The minimum atomic E-state index is -1.56. The van der Waals surface area contributed by atoms with E-state index < -0.39 is 11.0 Å². The molecule has 1 aliphatic heterocycles. The molecule has 2 fully saturated rings. The summed E-state index contributed by atoms with van der Waals surface area (Å²) in [6.45, 7) is 9.06. The van der Waals surface area contributed by atoms with Gasteiger partial charge in [-0.25, -0.2) is 9.19 Å². The van der Waals surface area contributed by atoms with Crippen molar-refractivity contribution in [2.24, 2.45) is 5.92 Å². The molecule has 33 heavy (non-hydrogen) atoms. The zero-order valence-corrected chi connectivity index (χ0v) is 20.2. The van der Waals surface area contributed by atoms with Crippen molar-refractivity contribution in [2.75, 3.05) is 13.2 Å². The third-order valence-corrected chi connectivity index (χ3v) is 7.48. The summed E-state index contributed by atoms with van der Waals surface area (Å²) >= 11 is 0. The van der Waals surface area contributed by atoms with Crippen LogP contribution in [0.5, 0.6) is 0 Å². The van der Waals surface area contributed by atoms with Crippen LogP contribution in [0.3, 0.4) is 0 Å². The maximum atomic E-state index is 13.2. The van der Waals surface area contributed by atoms with Crippen LogP contribution in [-0.4, -0.2) is 48.1 Å². The van der Waals surface area contributed by atoms with Gasteiger partial charge in [-0.1, -0.05) is 20.8 Å². The van der Waals surface area contributed by atoms with Gasteiger partial charge < -0.3 is 14.6 Å². The molecule has 0 spiro atoms. The summed E-state index contributed by atoms with van der Waals surface area (Å²) in [7, 11) is -1.56. The summed E-state index contributed by atoms with van der Waals surface area (Å²) in [5.74, 6) is 1.43. The van der Waals surface area contributed by atoms with Gasteiger partial charge in [0.25, 0.3) is 5.91 Å². The van der Waals surface area contributed by atoms with Gasteiger partial charge in [0.15, 0.2) is 11.0 Å².